The molecule has 0 bridgehead atoms. The lowest BCUT2D eigenvalue weighted by molar-refractivity contribution is 0.305. The normalized spacial score (nSPS) is 11.5. The molecule has 0 spiro atoms. The van der Waals surface area contributed by atoms with Crippen LogP contribution in [0.1, 0.15) is 22.3 Å². The van der Waals surface area contributed by atoms with Crippen LogP contribution in [0.4, 0.5) is 0 Å². The number of aryl methyl sites for hydroxylation is 2. The highest BCUT2D eigenvalue weighted by molar-refractivity contribution is 6.32. The van der Waals surface area contributed by atoms with Gasteiger partial charge in [-0.3, -0.25) is 0 Å². The van der Waals surface area contributed by atoms with Gasteiger partial charge in [-0.2, -0.15) is 0 Å². The van der Waals surface area contributed by atoms with E-state index in [0.717, 1.165) is 5.56 Å². The summed E-state index contributed by atoms with van der Waals surface area (Å²) in [6.45, 7) is 4.53. The molecule has 0 saturated heterocycles. The van der Waals surface area contributed by atoms with Gasteiger partial charge in [0.25, 0.3) is 0 Å². The smallest absolute Gasteiger partial charge is 0.170 e. The van der Waals surface area contributed by atoms with Crippen molar-refractivity contribution in [1.29, 1.82) is 0 Å². The third-order valence-electron chi connectivity index (χ3n) is 3.22. The molecule has 0 aliphatic rings. The lowest BCUT2D eigenvalue weighted by Crippen LogP contribution is -2.12. The first-order chi connectivity index (χ1) is 10.0. The maximum absolute atomic E-state index is 8.65. The van der Waals surface area contributed by atoms with Gasteiger partial charge >= 0.3 is 0 Å². The van der Waals surface area contributed by atoms with E-state index in [-0.39, 0.29) is 5.84 Å². The first-order valence-corrected chi connectivity index (χ1v) is 6.85. The van der Waals surface area contributed by atoms with Gasteiger partial charge < -0.3 is 15.7 Å². The Balaban J connectivity index is 2.15. The number of ether oxygens (including phenoxy) is 1. The molecule has 2 rings (SSSR count). The number of hydrogen-bond donors (Lipinski definition) is 2. The molecule has 0 aromatic heterocycles. The first-order valence-electron chi connectivity index (χ1n) is 6.47. The summed E-state index contributed by atoms with van der Waals surface area (Å²) in [7, 11) is 0. The first kappa shape index (κ1) is 15.2. The minimum atomic E-state index is 0.0120. The molecule has 2 aromatic carbocycles. The lowest BCUT2D eigenvalue weighted by atomic mass is 10.1. The Hall–Kier alpha value is -2.20. The number of oxime groups is 1. The molecule has 0 saturated carbocycles. The Morgan fingerprint density at radius 2 is 2.00 bits per heavy atom. The molecular formula is C16H17ClN2O2. The number of halogens is 1. The monoisotopic (exact) mass is 304 g/mol. The minimum Gasteiger partial charge on any atom is -0.487 e. The van der Waals surface area contributed by atoms with Gasteiger partial charge in [-0.25, -0.2) is 0 Å². The molecule has 3 N–H and O–H groups in total. The van der Waals surface area contributed by atoms with Crippen molar-refractivity contribution in [1.82, 2.24) is 0 Å². The molecule has 21 heavy (non-hydrogen) atoms. The second-order valence-corrected chi connectivity index (χ2v) is 5.26. The van der Waals surface area contributed by atoms with Gasteiger partial charge in [0, 0.05) is 5.56 Å². The van der Waals surface area contributed by atoms with Crippen LogP contribution >= 0.6 is 11.6 Å². The molecular weight excluding hydrogens is 288 g/mol. The standard InChI is InChI=1S/C16H17ClN2O2/c1-10-3-4-11(2)13(7-10)9-21-15-6-5-12(8-14(15)17)16(18)19-20/h3-8,20H,9H2,1-2H3,(H2,18,19). The molecule has 0 heterocycles. The molecule has 110 valence electrons. The number of nitrogens with zero attached hydrogens (tertiary/aromatic N) is 1. The molecule has 0 aliphatic carbocycles. The van der Waals surface area contributed by atoms with Crippen LogP contribution in [0.3, 0.4) is 0 Å². The van der Waals surface area contributed by atoms with Gasteiger partial charge in [0.2, 0.25) is 0 Å². The van der Waals surface area contributed by atoms with Crippen LogP contribution in [0.2, 0.25) is 5.02 Å². The van der Waals surface area contributed by atoms with Gasteiger partial charge in [-0.1, -0.05) is 40.5 Å². The van der Waals surface area contributed by atoms with Crippen molar-refractivity contribution in [2.24, 2.45) is 10.9 Å². The van der Waals surface area contributed by atoms with Crippen LogP contribution in [0.15, 0.2) is 41.6 Å². The number of hydrogen-bond acceptors (Lipinski definition) is 3. The van der Waals surface area contributed by atoms with E-state index in [9.17, 15) is 0 Å². The third kappa shape index (κ3) is 3.67. The van der Waals surface area contributed by atoms with Crippen molar-refractivity contribution in [2.45, 2.75) is 20.5 Å². The summed E-state index contributed by atoms with van der Waals surface area (Å²) < 4.78 is 5.75. The fourth-order valence-corrected chi connectivity index (χ4v) is 2.18. The summed E-state index contributed by atoms with van der Waals surface area (Å²) in [5.41, 5.74) is 9.53. The Kier molecular flexibility index (Phi) is 4.70. The molecule has 0 aliphatic heterocycles. The van der Waals surface area contributed by atoms with E-state index in [1.54, 1.807) is 18.2 Å². The lowest BCUT2D eigenvalue weighted by Gasteiger charge is -2.11. The molecule has 5 heteroatoms. The van der Waals surface area contributed by atoms with E-state index in [1.807, 2.05) is 13.8 Å². The van der Waals surface area contributed by atoms with Gasteiger partial charge in [-0.15, -0.1) is 0 Å². The predicted octanol–water partition coefficient (Wildman–Crippen LogP) is 3.63. The quantitative estimate of drug-likeness (QED) is 0.392. The third-order valence-corrected chi connectivity index (χ3v) is 3.52. The second kappa shape index (κ2) is 6.50. The highest BCUT2D eigenvalue weighted by atomic mass is 35.5. The van der Waals surface area contributed by atoms with Crippen molar-refractivity contribution in [3.05, 3.63) is 63.7 Å². The number of nitrogens with two attached hydrogens (primary N) is 1. The molecule has 4 nitrogen and oxygen atoms in total. The Morgan fingerprint density at radius 3 is 2.67 bits per heavy atom. The predicted molar refractivity (Wildman–Crippen MR) is 84.2 cm³/mol. The summed E-state index contributed by atoms with van der Waals surface area (Å²) in [6, 6.07) is 11.2. The van der Waals surface area contributed by atoms with Crippen LogP contribution in [0.5, 0.6) is 5.75 Å². The van der Waals surface area contributed by atoms with Gasteiger partial charge in [-0.05, 0) is 43.2 Å². The zero-order chi connectivity index (χ0) is 15.4. The average molecular weight is 305 g/mol. The summed E-state index contributed by atoms with van der Waals surface area (Å²) in [5, 5.41) is 12.0. The van der Waals surface area contributed by atoms with Crippen LogP contribution in [-0.2, 0) is 6.61 Å². The molecule has 0 amide bonds. The zero-order valence-electron chi connectivity index (χ0n) is 11.9. The van der Waals surface area contributed by atoms with E-state index in [0.29, 0.717) is 22.9 Å². The average Bonchev–Trinajstić information content (AvgIpc) is 2.48. The highest BCUT2D eigenvalue weighted by Gasteiger charge is 2.07. The summed E-state index contributed by atoms with van der Waals surface area (Å²) in [6.07, 6.45) is 0. The maximum Gasteiger partial charge on any atom is 0.170 e. The maximum atomic E-state index is 8.65. The number of benzene rings is 2. The van der Waals surface area contributed by atoms with E-state index in [1.165, 1.54) is 11.1 Å². The SMILES string of the molecule is Cc1ccc(C)c(COc2ccc(C(N)=NO)cc2Cl)c1. The Bertz CT molecular complexity index is 684. The largest absolute Gasteiger partial charge is 0.487 e. The zero-order valence-corrected chi connectivity index (χ0v) is 12.7. The van der Waals surface area contributed by atoms with Crippen molar-refractivity contribution >= 4 is 17.4 Å². The Labute approximate surface area is 128 Å². The van der Waals surface area contributed by atoms with E-state index in [2.05, 4.69) is 23.4 Å². The summed E-state index contributed by atoms with van der Waals surface area (Å²) in [5.74, 6) is 0.574. The van der Waals surface area contributed by atoms with Crippen molar-refractivity contribution in [3.63, 3.8) is 0 Å². The Morgan fingerprint density at radius 1 is 1.24 bits per heavy atom. The fraction of sp³-hybridized carbons (Fsp3) is 0.188. The molecule has 0 fully saturated rings. The van der Waals surface area contributed by atoms with Crippen molar-refractivity contribution < 1.29 is 9.94 Å². The molecule has 0 radical (unpaired) electrons. The van der Waals surface area contributed by atoms with Gasteiger partial charge in [0.15, 0.2) is 5.84 Å². The van der Waals surface area contributed by atoms with E-state index >= 15 is 0 Å². The molecule has 0 atom stereocenters. The number of rotatable bonds is 4. The van der Waals surface area contributed by atoms with E-state index in [4.69, 9.17) is 27.3 Å². The molecule has 2 aromatic rings. The minimum absolute atomic E-state index is 0.0120. The highest BCUT2D eigenvalue weighted by Crippen LogP contribution is 2.26. The van der Waals surface area contributed by atoms with Crippen LogP contribution < -0.4 is 10.5 Å². The van der Waals surface area contributed by atoms with Crippen LogP contribution in [0.25, 0.3) is 0 Å². The van der Waals surface area contributed by atoms with Gasteiger partial charge in [0.1, 0.15) is 12.4 Å². The summed E-state index contributed by atoms with van der Waals surface area (Å²) in [4.78, 5) is 0. The van der Waals surface area contributed by atoms with Crippen LogP contribution in [-0.4, -0.2) is 11.0 Å². The van der Waals surface area contributed by atoms with Crippen molar-refractivity contribution in [3.8, 4) is 5.75 Å². The van der Waals surface area contributed by atoms with Gasteiger partial charge in [0.05, 0.1) is 5.02 Å². The fourth-order valence-electron chi connectivity index (χ4n) is 1.95. The molecule has 0 unspecified atom stereocenters. The van der Waals surface area contributed by atoms with Crippen molar-refractivity contribution in [2.75, 3.05) is 0 Å². The number of amidine groups is 1. The topological polar surface area (TPSA) is 67.8 Å². The van der Waals surface area contributed by atoms with E-state index < -0.39 is 0 Å². The second-order valence-electron chi connectivity index (χ2n) is 4.85. The summed E-state index contributed by atoms with van der Waals surface area (Å²) >= 11 is 6.15. The van der Waals surface area contributed by atoms with Crippen LogP contribution in [0, 0.1) is 13.8 Å².